The van der Waals surface area contributed by atoms with Gasteiger partial charge in [0.15, 0.2) is 0 Å². The first kappa shape index (κ1) is 11.2. The second-order valence-corrected chi connectivity index (χ2v) is 5.20. The fraction of sp³-hybridized carbons (Fsp3) is 0.538. The average Bonchev–Trinajstić information content (AvgIpc) is 2.69. The Hall–Kier alpha value is -0.340. The SMILES string of the molecule is CCCC1(c2ccccc2Br)CCCN1. The molecule has 1 aliphatic heterocycles. The highest BCUT2D eigenvalue weighted by atomic mass is 79.9. The predicted molar refractivity (Wildman–Crippen MR) is 68.0 cm³/mol. The van der Waals surface area contributed by atoms with Crippen LogP contribution in [0.4, 0.5) is 0 Å². The summed E-state index contributed by atoms with van der Waals surface area (Å²) < 4.78 is 1.24. The van der Waals surface area contributed by atoms with Crippen LogP contribution in [0.3, 0.4) is 0 Å². The summed E-state index contributed by atoms with van der Waals surface area (Å²) in [6.07, 6.45) is 5.02. The lowest BCUT2D eigenvalue weighted by atomic mass is 9.84. The van der Waals surface area contributed by atoms with Gasteiger partial charge in [0.05, 0.1) is 0 Å². The topological polar surface area (TPSA) is 12.0 Å². The van der Waals surface area contributed by atoms with Crippen molar-refractivity contribution in [3.05, 3.63) is 34.3 Å². The predicted octanol–water partition coefficient (Wildman–Crippen LogP) is 3.83. The Kier molecular flexibility index (Phi) is 3.47. The first-order chi connectivity index (χ1) is 7.28. The van der Waals surface area contributed by atoms with Crippen LogP contribution in [0.2, 0.25) is 0 Å². The van der Waals surface area contributed by atoms with Crippen LogP contribution in [0.1, 0.15) is 38.2 Å². The molecule has 0 amide bonds. The molecule has 0 aromatic heterocycles. The van der Waals surface area contributed by atoms with Gasteiger partial charge in [-0.2, -0.15) is 0 Å². The van der Waals surface area contributed by atoms with Crippen molar-refractivity contribution >= 4 is 15.9 Å². The van der Waals surface area contributed by atoms with Crippen LogP contribution in [0, 0.1) is 0 Å². The van der Waals surface area contributed by atoms with Gasteiger partial charge in [-0.05, 0) is 37.4 Å². The van der Waals surface area contributed by atoms with Crippen LogP contribution < -0.4 is 5.32 Å². The summed E-state index contributed by atoms with van der Waals surface area (Å²) >= 11 is 3.67. The van der Waals surface area contributed by atoms with Gasteiger partial charge in [-0.25, -0.2) is 0 Å². The second kappa shape index (κ2) is 4.67. The standard InChI is InChI=1S/C13H18BrN/c1-2-8-13(9-5-10-15-13)11-6-3-4-7-12(11)14/h3-4,6-7,15H,2,5,8-10H2,1H3. The van der Waals surface area contributed by atoms with E-state index >= 15 is 0 Å². The van der Waals surface area contributed by atoms with Crippen LogP contribution in [-0.4, -0.2) is 6.54 Å². The molecule has 0 saturated carbocycles. The quantitative estimate of drug-likeness (QED) is 0.878. The third-order valence-electron chi connectivity index (χ3n) is 3.31. The normalized spacial score (nSPS) is 25.7. The van der Waals surface area contributed by atoms with Gasteiger partial charge in [0.2, 0.25) is 0 Å². The van der Waals surface area contributed by atoms with Crippen LogP contribution in [0.15, 0.2) is 28.7 Å². The Morgan fingerprint density at radius 3 is 2.80 bits per heavy atom. The molecule has 82 valence electrons. The first-order valence-electron chi connectivity index (χ1n) is 5.78. The van der Waals surface area contributed by atoms with Gasteiger partial charge < -0.3 is 5.32 Å². The zero-order valence-electron chi connectivity index (χ0n) is 9.22. The molecule has 1 unspecified atom stereocenters. The molecule has 1 atom stereocenters. The number of hydrogen-bond donors (Lipinski definition) is 1. The van der Waals surface area contributed by atoms with Gasteiger partial charge in [-0.3, -0.25) is 0 Å². The maximum absolute atomic E-state index is 3.70. The van der Waals surface area contributed by atoms with Crippen LogP contribution in [0.25, 0.3) is 0 Å². The van der Waals surface area contributed by atoms with Gasteiger partial charge in [-0.15, -0.1) is 0 Å². The second-order valence-electron chi connectivity index (χ2n) is 4.34. The zero-order chi connectivity index (χ0) is 10.7. The molecule has 2 rings (SSSR count). The Morgan fingerprint density at radius 1 is 1.40 bits per heavy atom. The fourth-order valence-electron chi connectivity index (χ4n) is 2.66. The Balaban J connectivity index is 2.36. The Morgan fingerprint density at radius 2 is 2.20 bits per heavy atom. The maximum atomic E-state index is 3.70. The van der Waals surface area contributed by atoms with Crippen molar-refractivity contribution in [2.75, 3.05) is 6.54 Å². The monoisotopic (exact) mass is 267 g/mol. The van der Waals surface area contributed by atoms with Crippen molar-refractivity contribution < 1.29 is 0 Å². The minimum absolute atomic E-state index is 0.231. The fourth-order valence-corrected chi connectivity index (χ4v) is 3.32. The van der Waals surface area contributed by atoms with Crippen molar-refractivity contribution in [3.8, 4) is 0 Å². The van der Waals surface area contributed by atoms with E-state index in [1.807, 2.05) is 0 Å². The minimum Gasteiger partial charge on any atom is -0.307 e. The molecule has 15 heavy (non-hydrogen) atoms. The third kappa shape index (κ3) is 2.11. The molecular formula is C13H18BrN. The van der Waals surface area contributed by atoms with Crippen molar-refractivity contribution in [1.82, 2.24) is 5.32 Å². The van der Waals surface area contributed by atoms with E-state index in [1.54, 1.807) is 0 Å². The summed E-state index contributed by atoms with van der Waals surface area (Å²) in [5.74, 6) is 0. The van der Waals surface area contributed by atoms with Gasteiger partial charge in [-0.1, -0.05) is 47.5 Å². The van der Waals surface area contributed by atoms with E-state index in [-0.39, 0.29) is 5.54 Å². The van der Waals surface area contributed by atoms with E-state index in [0.717, 1.165) is 6.54 Å². The highest BCUT2D eigenvalue weighted by molar-refractivity contribution is 9.10. The van der Waals surface area contributed by atoms with Gasteiger partial charge in [0.25, 0.3) is 0 Å². The summed E-state index contributed by atoms with van der Waals surface area (Å²) in [6, 6.07) is 8.62. The molecule has 1 fully saturated rings. The molecule has 0 spiro atoms. The molecule has 1 heterocycles. The maximum Gasteiger partial charge on any atom is 0.0446 e. The minimum atomic E-state index is 0.231. The highest BCUT2D eigenvalue weighted by Crippen LogP contribution is 2.38. The lowest BCUT2D eigenvalue weighted by Crippen LogP contribution is -2.36. The summed E-state index contributed by atoms with van der Waals surface area (Å²) in [4.78, 5) is 0. The van der Waals surface area contributed by atoms with Gasteiger partial charge in [0.1, 0.15) is 0 Å². The summed E-state index contributed by atoms with van der Waals surface area (Å²) in [5, 5.41) is 3.70. The molecule has 1 nitrogen and oxygen atoms in total. The number of rotatable bonds is 3. The largest absolute Gasteiger partial charge is 0.307 e. The van der Waals surface area contributed by atoms with Gasteiger partial charge >= 0.3 is 0 Å². The van der Waals surface area contributed by atoms with E-state index in [9.17, 15) is 0 Å². The van der Waals surface area contributed by atoms with E-state index in [1.165, 1.54) is 35.7 Å². The van der Waals surface area contributed by atoms with Crippen molar-refractivity contribution in [1.29, 1.82) is 0 Å². The molecular weight excluding hydrogens is 250 g/mol. The molecule has 1 N–H and O–H groups in total. The lowest BCUT2D eigenvalue weighted by molar-refractivity contribution is 0.354. The number of benzene rings is 1. The van der Waals surface area contributed by atoms with E-state index in [4.69, 9.17) is 0 Å². The summed E-state index contributed by atoms with van der Waals surface area (Å²) in [6.45, 7) is 3.42. The smallest absolute Gasteiger partial charge is 0.0446 e. The molecule has 0 radical (unpaired) electrons. The molecule has 2 heteroatoms. The van der Waals surface area contributed by atoms with Crippen molar-refractivity contribution in [2.45, 2.75) is 38.1 Å². The number of hydrogen-bond acceptors (Lipinski definition) is 1. The van der Waals surface area contributed by atoms with E-state index < -0.39 is 0 Å². The van der Waals surface area contributed by atoms with Crippen LogP contribution in [0.5, 0.6) is 0 Å². The Labute approximate surface area is 100 Å². The molecule has 1 aromatic carbocycles. The summed E-state index contributed by atoms with van der Waals surface area (Å²) in [7, 11) is 0. The number of nitrogens with one attached hydrogen (secondary N) is 1. The van der Waals surface area contributed by atoms with E-state index in [0.29, 0.717) is 0 Å². The Bertz CT molecular complexity index is 329. The third-order valence-corrected chi connectivity index (χ3v) is 4.00. The van der Waals surface area contributed by atoms with Crippen LogP contribution in [-0.2, 0) is 5.54 Å². The first-order valence-corrected chi connectivity index (χ1v) is 6.58. The molecule has 1 saturated heterocycles. The van der Waals surface area contributed by atoms with Crippen molar-refractivity contribution in [3.63, 3.8) is 0 Å². The highest BCUT2D eigenvalue weighted by Gasteiger charge is 2.35. The summed E-state index contributed by atoms with van der Waals surface area (Å²) in [5.41, 5.74) is 1.67. The molecule has 1 aromatic rings. The molecule has 0 bridgehead atoms. The molecule has 1 aliphatic rings. The molecule has 0 aliphatic carbocycles. The average molecular weight is 268 g/mol. The zero-order valence-corrected chi connectivity index (χ0v) is 10.8. The van der Waals surface area contributed by atoms with Crippen LogP contribution >= 0.6 is 15.9 Å². The lowest BCUT2D eigenvalue weighted by Gasteiger charge is -2.31. The van der Waals surface area contributed by atoms with E-state index in [2.05, 4.69) is 52.4 Å². The van der Waals surface area contributed by atoms with Crippen molar-refractivity contribution in [2.24, 2.45) is 0 Å². The van der Waals surface area contributed by atoms with Gasteiger partial charge in [0, 0.05) is 10.0 Å². The number of halogens is 1.